The van der Waals surface area contributed by atoms with Crippen molar-refractivity contribution in [3.05, 3.63) is 0 Å². The topological polar surface area (TPSA) is 84.9 Å². The minimum Gasteiger partial charge on any atom is -0.480 e. The number of carbonyl (C=O) groups excluding carboxylic acids is 1. The van der Waals surface area contributed by atoms with Gasteiger partial charge in [0.25, 0.3) is 0 Å². The Hall–Kier alpha value is -0.140. The van der Waals surface area contributed by atoms with Crippen molar-refractivity contribution in [3.63, 3.8) is 0 Å². The molecule has 0 aromatic rings. The molecule has 20 heavy (non-hydrogen) atoms. The summed E-state index contributed by atoms with van der Waals surface area (Å²) in [5, 5.41) is 11.6. The quantitative estimate of drug-likeness (QED) is 0.589. The van der Waals surface area contributed by atoms with Gasteiger partial charge in [0.05, 0.1) is 19.0 Å². The van der Waals surface area contributed by atoms with Gasteiger partial charge in [-0.2, -0.15) is 0 Å². The molecule has 0 aromatic heterocycles. The summed E-state index contributed by atoms with van der Waals surface area (Å²) >= 11 is 6.39. The lowest BCUT2D eigenvalue weighted by atomic mass is 9.99. The fraction of sp³-hybridized carbons (Fsp3) is 0.818. The largest absolute Gasteiger partial charge is 0.480 e. The summed E-state index contributed by atoms with van der Waals surface area (Å²) in [4.78, 5) is 23.0. The van der Waals surface area contributed by atoms with Crippen LogP contribution in [0.15, 0.2) is 0 Å². The lowest BCUT2D eigenvalue weighted by molar-refractivity contribution is -0.146. The van der Waals surface area contributed by atoms with Crippen molar-refractivity contribution < 1.29 is 23.7 Å². The maximum Gasteiger partial charge on any atom is 0.329 e. The van der Waals surface area contributed by atoms with E-state index >= 15 is 0 Å². The normalized spacial score (nSPS) is 14.6. The van der Waals surface area contributed by atoms with Gasteiger partial charge in [0.15, 0.2) is 0 Å². The minimum absolute atomic E-state index is 0.0140. The zero-order valence-electron chi connectivity index (χ0n) is 12.2. The van der Waals surface area contributed by atoms with Crippen LogP contribution in [-0.2, 0) is 30.4 Å². The van der Waals surface area contributed by atoms with E-state index in [2.05, 4.69) is 5.32 Å². The van der Waals surface area contributed by atoms with Crippen LogP contribution in [0, 0.1) is 0 Å². The van der Waals surface area contributed by atoms with Gasteiger partial charge in [0.1, 0.15) is 5.54 Å². The first-order valence-corrected chi connectivity index (χ1v) is 10.5. The Kier molecular flexibility index (Phi) is 8.93. The number of carboxylic acids is 1. The second kappa shape index (κ2) is 9.00. The standard InChI is InChI=1S/C11H22NO5PS2/c1-5-11(4,10(14)15)12-9(13)8-20-18(19,16-6-2)17-7-3/h5-8H2,1-4H3,(H,12,13)(H,14,15)/t11-/m0/s1. The van der Waals surface area contributed by atoms with Crippen molar-refractivity contribution in [2.75, 3.05) is 19.0 Å². The fourth-order valence-electron chi connectivity index (χ4n) is 1.20. The molecule has 9 heteroatoms. The maximum absolute atomic E-state index is 11.8. The molecule has 0 radical (unpaired) electrons. The maximum atomic E-state index is 11.8. The average Bonchev–Trinajstić information content (AvgIpc) is 2.37. The Morgan fingerprint density at radius 1 is 1.30 bits per heavy atom. The van der Waals surface area contributed by atoms with E-state index in [9.17, 15) is 9.59 Å². The van der Waals surface area contributed by atoms with Gasteiger partial charge in [-0.05, 0) is 39.0 Å². The number of amides is 1. The summed E-state index contributed by atoms with van der Waals surface area (Å²) in [6, 6.07) is 0. The average molecular weight is 343 g/mol. The molecule has 2 N–H and O–H groups in total. The molecule has 0 saturated heterocycles. The molecule has 0 spiro atoms. The molecule has 1 atom stereocenters. The molecule has 0 aliphatic heterocycles. The molecule has 0 aromatic carbocycles. The molecular formula is C11H22NO5PS2. The zero-order valence-corrected chi connectivity index (χ0v) is 14.7. The Morgan fingerprint density at radius 2 is 1.80 bits per heavy atom. The molecule has 6 nitrogen and oxygen atoms in total. The number of aliphatic carboxylic acids is 1. The number of hydrogen-bond donors (Lipinski definition) is 2. The number of carbonyl (C=O) groups is 2. The molecule has 0 fully saturated rings. The van der Waals surface area contributed by atoms with E-state index in [-0.39, 0.29) is 5.75 Å². The highest BCUT2D eigenvalue weighted by atomic mass is 32.9. The van der Waals surface area contributed by atoms with Crippen LogP contribution in [0.2, 0.25) is 0 Å². The Labute approximate surface area is 128 Å². The van der Waals surface area contributed by atoms with Crippen molar-refractivity contribution in [3.8, 4) is 0 Å². The first-order chi connectivity index (χ1) is 9.23. The van der Waals surface area contributed by atoms with Crippen LogP contribution in [-0.4, -0.2) is 41.5 Å². The molecule has 0 aliphatic rings. The zero-order chi connectivity index (χ0) is 15.8. The van der Waals surface area contributed by atoms with Crippen LogP contribution >= 0.6 is 17.1 Å². The van der Waals surface area contributed by atoms with Gasteiger partial charge in [-0.25, -0.2) is 4.79 Å². The van der Waals surface area contributed by atoms with Crippen LogP contribution in [0.3, 0.4) is 0 Å². The Morgan fingerprint density at radius 3 is 2.15 bits per heavy atom. The smallest absolute Gasteiger partial charge is 0.329 e. The predicted molar refractivity (Wildman–Crippen MR) is 84.5 cm³/mol. The van der Waals surface area contributed by atoms with E-state index in [1.807, 2.05) is 0 Å². The van der Waals surface area contributed by atoms with Gasteiger partial charge < -0.3 is 19.5 Å². The summed E-state index contributed by atoms with van der Waals surface area (Å²) in [5.41, 5.74) is -3.80. The first-order valence-electron chi connectivity index (χ1n) is 6.31. The van der Waals surface area contributed by atoms with E-state index in [4.69, 9.17) is 26.0 Å². The van der Waals surface area contributed by atoms with Gasteiger partial charge in [0, 0.05) is 0 Å². The molecule has 0 saturated carbocycles. The third-order valence-electron chi connectivity index (χ3n) is 2.52. The molecule has 0 bridgehead atoms. The highest BCUT2D eigenvalue weighted by molar-refractivity contribution is 8.68. The summed E-state index contributed by atoms with van der Waals surface area (Å²) in [7, 11) is 0. The van der Waals surface area contributed by atoms with E-state index in [0.29, 0.717) is 19.6 Å². The number of nitrogens with one attached hydrogen (secondary N) is 1. The highest BCUT2D eigenvalue weighted by Gasteiger charge is 2.33. The van der Waals surface area contributed by atoms with Crippen LogP contribution in [0.5, 0.6) is 0 Å². The van der Waals surface area contributed by atoms with Crippen molar-refractivity contribution in [2.24, 2.45) is 0 Å². The van der Waals surface area contributed by atoms with Gasteiger partial charge >= 0.3 is 5.97 Å². The highest BCUT2D eigenvalue weighted by Crippen LogP contribution is 2.60. The summed E-state index contributed by atoms with van der Waals surface area (Å²) in [5.74, 6) is -1.44. The second-order valence-corrected chi connectivity index (χ2v) is 10.4. The number of rotatable bonds is 10. The van der Waals surface area contributed by atoms with Crippen LogP contribution in [0.4, 0.5) is 0 Å². The first kappa shape index (κ1) is 19.9. The van der Waals surface area contributed by atoms with Crippen molar-refractivity contribution in [1.82, 2.24) is 5.32 Å². The molecule has 118 valence electrons. The van der Waals surface area contributed by atoms with E-state index in [0.717, 1.165) is 11.4 Å². The third kappa shape index (κ3) is 6.54. The van der Waals surface area contributed by atoms with Crippen molar-refractivity contribution >= 4 is 40.8 Å². The second-order valence-electron chi connectivity index (χ2n) is 4.10. The van der Waals surface area contributed by atoms with Crippen molar-refractivity contribution in [1.29, 1.82) is 0 Å². The predicted octanol–water partition coefficient (Wildman–Crippen LogP) is 2.39. The van der Waals surface area contributed by atoms with Crippen LogP contribution in [0.1, 0.15) is 34.1 Å². The molecular weight excluding hydrogens is 321 g/mol. The summed E-state index contributed by atoms with van der Waals surface area (Å²) in [6.07, 6.45) is 0.295. The monoisotopic (exact) mass is 343 g/mol. The van der Waals surface area contributed by atoms with Crippen LogP contribution in [0.25, 0.3) is 0 Å². The Balaban J connectivity index is 4.54. The van der Waals surface area contributed by atoms with Gasteiger partial charge in [-0.3, -0.25) is 4.79 Å². The Bertz CT molecular complexity index is 383. The third-order valence-corrected chi connectivity index (χ3v) is 7.93. The molecule has 0 rings (SSSR count). The van der Waals surface area contributed by atoms with Gasteiger partial charge in [-0.15, -0.1) is 0 Å². The molecule has 0 unspecified atom stereocenters. The number of carboxylic acid groups (broad SMARTS) is 1. The summed E-state index contributed by atoms with van der Waals surface area (Å²) < 4.78 is 10.8. The fourth-order valence-corrected chi connectivity index (χ4v) is 5.42. The van der Waals surface area contributed by atoms with Gasteiger partial charge in [-0.1, -0.05) is 18.3 Å². The molecule has 1 amide bonds. The van der Waals surface area contributed by atoms with E-state index in [1.165, 1.54) is 6.92 Å². The lowest BCUT2D eigenvalue weighted by Crippen LogP contribution is -2.52. The minimum atomic E-state index is -2.53. The lowest BCUT2D eigenvalue weighted by Gasteiger charge is -2.25. The molecule has 0 heterocycles. The SMILES string of the molecule is CCOP(=S)(OCC)SCC(=O)N[C@@](C)(CC)C(=O)O. The number of hydrogen-bond acceptors (Lipinski definition) is 6. The van der Waals surface area contributed by atoms with Gasteiger partial charge in [0.2, 0.25) is 11.6 Å². The summed E-state index contributed by atoms with van der Waals surface area (Å²) in [6.45, 7) is 7.60. The van der Waals surface area contributed by atoms with Crippen LogP contribution < -0.4 is 5.32 Å². The van der Waals surface area contributed by atoms with E-state index in [1.54, 1.807) is 20.8 Å². The van der Waals surface area contributed by atoms with E-state index < -0.39 is 23.1 Å². The molecule has 0 aliphatic carbocycles. The van der Waals surface area contributed by atoms with Crippen molar-refractivity contribution in [2.45, 2.75) is 39.7 Å².